The molecule has 1 atom stereocenters. The monoisotopic (exact) mass is 281 g/mol. The molecule has 0 heterocycles. The first kappa shape index (κ1) is 15.4. The molecule has 1 rings (SSSR count). The minimum absolute atomic E-state index is 0.115. The number of esters is 1. The third kappa shape index (κ3) is 4.21. The second kappa shape index (κ2) is 7.04. The molecule has 0 saturated carbocycles. The molecule has 9 nitrogen and oxygen atoms in total. The highest BCUT2D eigenvalue weighted by molar-refractivity contribution is 5.91. The fourth-order valence-electron chi connectivity index (χ4n) is 1.57. The Hall–Kier alpha value is -2.68. The summed E-state index contributed by atoms with van der Waals surface area (Å²) in [6.45, 7) is 0.115. The first-order valence-corrected chi connectivity index (χ1v) is 5.61. The van der Waals surface area contributed by atoms with Gasteiger partial charge in [0.1, 0.15) is 5.10 Å². The van der Waals surface area contributed by atoms with Crippen molar-refractivity contribution in [1.82, 2.24) is 0 Å². The summed E-state index contributed by atoms with van der Waals surface area (Å²) in [5.74, 6) is -1.33. The zero-order chi connectivity index (χ0) is 15.1. The molecular formula is C11H15N5O4. The number of hydrogen-bond acceptors (Lipinski definition) is 5. The molecule has 0 bridgehead atoms. The van der Waals surface area contributed by atoms with Crippen LogP contribution in [-0.4, -0.2) is 30.6 Å². The maximum absolute atomic E-state index is 11.5. The molecule has 20 heavy (non-hydrogen) atoms. The van der Waals surface area contributed by atoms with E-state index in [2.05, 4.69) is 15.2 Å². The van der Waals surface area contributed by atoms with Gasteiger partial charge in [-0.15, -0.1) is 0 Å². The second-order valence-corrected chi connectivity index (χ2v) is 3.78. The molecule has 0 saturated heterocycles. The number of rotatable bonds is 5. The summed E-state index contributed by atoms with van der Waals surface area (Å²) < 4.78 is 4.65. The lowest BCUT2D eigenvalue weighted by atomic mass is 9.99. The molecule has 108 valence electrons. The molecule has 0 aliphatic rings. The van der Waals surface area contributed by atoms with Crippen molar-refractivity contribution in [3.05, 3.63) is 39.9 Å². The number of nitrogens with one attached hydrogen (secondary N) is 1. The third-order valence-electron chi connectivity index (χ3n) is 2.50. The number of nitro groups is 1. The van der Waals surface area contributed by atoms with Gasteiger partial charge < -0.3 is 21.5 Å². The highest BCUT2D eigenvalue weighted by Crippen LogP contribution is 2.18. The summed E-state index contributed by atoms with van der Waals surface area (Å²) in [5.41, 5.74) is 12.0. The molecule has 0 aromatic heterocycles. The van der Waals surface area contributed by atoms with Crippen LogP contribution in [-0.2, 0) is 9.53 Å². The lowest BCUT2D eigenvalue weighted by Crippen LogP contribution is -2.24. The number of carbonyl (C=O) groups is 1. The van der Waals surface area contributed by atoms with Crippen LogP contribution < -0.4 is 16.8 Å². The van der Waals surface area contributed by atoms with Crippen molar-refractivity contribution in [3.63, 3.8) is 0 Å². The fourth-order valence-corrected chi connectivity index (χ4v) is 1.57. The largest absolute Gasteiger partial charge is 0.469 e. The summed E-state index contributed by atoms with van der Waals surface area (Å²) in [5, 5.41) is 14.7. The minimum atomic E-state index is -0.904. The first-order valence-electron chi connectivity index (χ1n) is 5.61. The average molecular weight is 281 g/mol. The molecule has 0 spiro atoms. The maximum Gasteiger partial charge on any atom is 0.314 e. The first-order chi connectivity index (χ1) is 9.47. The Morgan fingerprint density at radius 3 is 2.55 bits per heavy atom. The van der Waals surface area contributed by atoms with E-state index in [0.29, 0.717) is 11.3 Å². The number of guanidine groups is 1. The van der Waals surface area contributed by atoms with Gasteiger partial charge in [0.05, 0.1) is 13.0 Å². The van der Waals surface area contributed by atoms with E-state index in [1.807, 2.05) is 0 Å². The number of nitrogens with zero attached hydrogens (tertiary/aromatic N) is 2. The molecule has 0 aliphatic heterocycles. The highest BCUT2D eigenvalue weighted by Gasteiger charge is 2.19. The molecule has 0 aliphatic carbocycles. The molecule has 5 N–H and O–H groups in total. The van der Waals surface area contributed by atoms with Gasteiger partial charge >= 0.3 is 5.97 Å². The smallest absolute Gasteiger partial charge is 0.314 e. The lowest BCUT2D eigenvalue weighted by molar-refractivity contribution is -0.485. The Kier molecular flexibility index (Phi) is 5.42. The predicted octanol–water partition coefficient (Wildman–Crippen LogP) is -0.180. The average Bonchev–Trinajstić information content (AvgIpc) is 2.40. The van der Waals surface area contributed by atoms with Gasteiger partial charge in [0.2, 0.25) is 0 Å². The van der Waals surface area contributed by atoms with Crippen molar-refractivity contribution in [2.24, 2.45) is 16.6 Å². The van der Waals surface area contributed by atoms with Crippen molar-refractivity contribution in [2.75, 3.05) is 19.0 Å². The number of hydrogen-bond donors (Lipinski definition) is 3. The SMILES string of the molecule is COC(=O)C(CN)c1ccc(NC(N)=N[N+](=O)[O-])cc1. The van der Waals surface area contributed by atoms with E-state index in [1.165, 1.54) is 7.11 Å². The summed E-state index contributed by atoms with van der Waals surface area (Å²) >= 11 is 0. The van der Waals surface area contributed by atoms with E-state index in [9.17, 15) is 14.9 Å². The van der Waals surface area contributed by atoms with Crippen LogP contribution in [0.5, 0.6) is 0 Å². The summed E-state index contributed by atoms with van der Waals surface area (Å²) in [4.78, 5) is 21.6. The molecule has 0 fully saturated rings. The molecular weight excluding hydrogens is 266 g/mol. The van der Waals surface area contributed by atoms with Crippen LogP contribution in [0.2, 0.25) is 0 Å². The maximum atomic E-state index is 11.5. The van der Waals surface area contributed by atoms with Crippen LogP contribution in [0.4, 0.5) is 5.69 Å². The number of carbonyl (C=O) groups excluding carboxylic acids is 1. The summed E-state index contributed by atoms with van der Waals surface area (Å²) in [6.07, 6.45) is 0. The number of hydrazone groups is 1. The zero-order valence-electron chi connectivity index (χ0n) is 10.8. The highest BCUT2D eigenvalue weighted by atomic mass is 16.7. The van der Waals surface area contributed by atoms with Gasteiger partial charge in [0.25, 0.3) is 5.96 Å². The quantitative estimate of drug-likeness (QED) is 0.223. The number of anilines is 1. The number of ether oxygens (including phenoxy) is 1. The second-order valence-electron chi connectivity index (χ2n) is 3.78. The Morgan fingerprint density at radius 2 is 2.10 bits per heavy atom. The molecule has 0 amide bonds. The lowest BCUT2D eigenvalue weighted by Gasteiger charge is -2.13. The van der Waals surface area contributed by atoms with Crippen LogP contribution in [0.1, 0.15) is 11.5 Å². The Labute approximate surface area is 114 Å². The molecule has 1 unspecified atom stereocenters. The van der Waals surface area contributed by atoms with Crippen LogP contribution in [0.25, 0.3) is 0 Å². The van der Waals surface area contributed by atoms with E-state index < -0.39 is 16.9 Å². The van der Waals surface area contributed by atoms with Gasteiger partial charge in [-0.05, 0) is 17.7 Å². The van der Waals surface area contributed by atoms with Crippen molar-refractivity contribution in [3.8, 4) is 0 Å². The van der Waals surface area contributed by atoms with E-state index in [1.54, 1.807) is 24.3 Å². The number of methoxy groups -OCH3 is 1. The molecule has 0 radical (unpaired) electrons. The van der Waals surface area contributed by atoms with E-state index in [0.717, 1.165) is 0 Å². The van der Waals surface area contributed by atoms with Gasteiger partial charge in [-0.3, -0.25) is 4.79 Å². The van der Waals surface area contributed by atoms with Crippen molar-refractivity contribution < 1.29 is 14.6 Å². The van der Waals surface area contributed by atoms with Crippen LogP contribution >= 0.6 is 0 Å². The van der Waals surface area contributed by atoms with Crippen LogP contribution in [0.3, 0.4) is 0 Å². The topological polar surface area (TPSA) is 146 Å². The van der Waals surface area contributed by atoms with Crippen LogP contribution in [0, 0.1) is 10.1 Å². The summed E-state index contributed by atoms with van der Waals surface area (Å²) in [7, 11) is 1.29. The van der Waals surface area contributed by atoms with Gasteiger partial charge in [-0.25, -0.2) is 10.1 Å². The fraction of sp³-hybridized carbons (Fsp3) is 0.273. The minimum Gasteiger partial charge on any atom is -0.469 e. The van der Waals surface area contributed by atoms with Gasteiger partial charge in [0, 0.05) is 12.2 Å². The molecule has 1 aromatic carbocycles. The standard InChI is InChI=1S/C11H15N5O4/c1-20-10(17)9(6-12)7-2-4-8(5-3-7)14-11(13)15-16(18)19/h2-5,9H,6,12H2,1H3,(H3,13,14,15). The van der Waals surface area contributed by atoms with Crippen LogP contribution in [0.15, 0.2) is 29.4 Å². The molecule has 9 heteroatoms. The van der Waals surface area contributed by atoms with E-state index >= 15 is 0 Å². The van der Waals surface area contributed by atoms with E-state index in [4.69, 9.17) is 11.5 Å². The number of nitrogens with two attached hydrogens (primary N) is 2. The Balaban J connectivity index is 2.83. The third-order valence-corrected chi connectivity index (χ3v) is 2.50. The summed E-state index contributed by atoms with van der Waals surface area (Å²) in [6, 6.07) is 6.50. The Morgan fingerprint density at radius 1 is 1.50 bits per heavy atom. The molecule has 1 aromatic rings. The van der Waals surface area contributed by atoms with E-state index in [-0.39, 0.29) is 12.5 Å². The normalized spacial score (nSPS) is 12.6. The van der Waals surface area contributed by atoms with Gasteiger partial charge in [0.15, 0.2) is 5.03 Å². The van der Waals surface area contributed by atoms with Crippen molar-refractivity contribution in [2.45, 2.75) is 5.92 Å². The predicted molar refractivity (Wildman–Crippen MR) is 72.5 cm³/mol. The number of benzene rings is 1. The van der Waals surface area contributed by atoms with Gasteiger partial charge in [-0.1, -0.05) is 12.1 Å². The van der Waals surface area contributed by atoms with Gasteiger partial charge in [-0.2, -0.15) is 0 Å². The van der Waals surface area contributed by atoms with Crippen molar-refractivity contribution >= 4 is 17.6 Å². The Bertz CT molecular complexity index is 514. The zero-order valence-corrected chi connectivity index (χ0v) is 10.8. The van der Waals surface area contributed by atoms with Crippen molar-refractivity contribution in [1.29, 1.82) is 0 Å².